The summed E-state index contributed by atoms with van der Waals surface area (Å²) in [5.41, 5.74) is 4.24. The Kier molecular flexibility index (Phi) is 8.78. The maximum absolute atomic E-state index is 13.7. The molecule has 0 saturated carbocycles. The van der Waals surface area contributed by atoms with E-state index in [4.69, 9.17) is 0 Å². The summed E-state index contributed by atoms with van der Waals surface area (Å²) in [5.74, 6) is 0.0584. The Morgan fingerprint density at radius 3 is 2.50 bits per heavy atom. The number of rotatable bonds is 10. The summed E-state index contributed by atoms with van der Waals surface area (Å²) < 4.78 is 0. The number of amides is 3. The van der Waals surface area contributed by atoms with Gasteiger partial charge in [-0.1, -0.05) is 68.4 Å². The number of nitrogens with one attached hydrogen (secondary N) is 2. The molecule has 4 rings (SSSR count). The van der Waals surface area contributed by atoms with Crippen molar-refractivity contribution in [2.45, 2.75) is 26.8 Å². The van der Waals surface area contributed by atoms with Crippen LogP contribution in [0.4, 0.5) is 10.5 Å². The molecule has 7 nitrogen and oxygen atoms in total. The number of urea groups is 1. The van der Waals surface area contributed by atoms with E-state index in [0.717, 1.165) is 22.0 Å². The van der Waals surface area contributed by atoms with E-state index < -0.39 is 0 Å². The van der Waals surface area contributed by atoms with E-state index in [2.05, 4.69) is 22.4 Å². The minimum absolute atomic E-state index is 0.0390. The molecule has 7 heteroatoms. The van der Waals surface area contributed by atoms with Crippen molar-refractivity contribution in [1.29, 1.82) is 5.26 Å². The second-order valence-corrected chi connectivity index (χ2v) is 9.81. The summed E-state index contributed by atoms with van der Waals surface area (Å²) in [5, 5.41) is 13.2. The quantitative estimate of drug-likeness (QED) is 0.284. The molecule has 194 valence electrons. The van der Waals surface area contributed by atoms with Gasteiger partial charge in [0.05, 0.1) is 11.6 Å². The largest absolute Gasteiger partial charge is 0.361 e. The highest BCUT2D eigenvalue weighted by atomic mass is 16.2. The molecule has 3 amide bonds. The van der Waals surface area contributed by atoms with E-state index >= 15 is 0 Å². The molecule has 3 aromatic carbocycles. The number of carbonyl (C=O) groups is 2. The molecule has 0 saturated heterocycles. The van der Waals surface area contributed by atoms with Gasteiger partial charge in [-0.15, -0.1) is 0 Å². The molecule has 0 radical (unpaired) electrons. The molecule has 0 aliphatic rings. The predicted octanol–water partition coefficient (Wildman–Crippen LogP) is 5.80. The molecule has 4 aromatic rings. The molecular weight excluding hydrogens is 474 g/mol. The standard InChI is InChI=1S/C31H33N5O2/c1-23(2)20-36(31(38)34-27-12-8-11-25(17-27)18-32)22-30(37)35(21-24-9-4-3-5-10-24)16-15-26-19-33-29-14-7-6-13-28(26)29/h3-14,17,19,23,33H,15-16,20-22H2,1-2H3,(H,34,38). The number of carbonyl (C=O) groups excluding carboxylic acids is 2. The lowest BCUT2D eigenvalue weighted by Crippen LogP contribution is -2.46. The zero-order chi connectivity index (χ0) is 26.9. The molecule has 0 aliphatic carbocycles. The number of anilines is 1. The summed E-state index contributed by atoms with van der Waals surface area (Å²) in [6.45, 7) is 5.40. The summed E-state index contributed by atoms with van der Waals surface area (Å²) in [6, 6.07) is 26.5. The fraction of sp³-hybridized carbons (Fsp3) is 0.258. The van der Waals surface area contributed by atoms with E-state index in [1.165, 1.54) is 0 Å². The Hall–Kier alpha value is -4.57. The molecule has 0 bridgehead atoms. The Labute approximate surface area is 223 Å². The summed E-state index contributed by atoms with van der Waals surface area (Å²) in [4.78, 5) is 33.6. The first-order valence-electron chi connectivity index (χ1n) is 12.9. The lowest BCUT2D eigenvalue weighted by atomic mass is 10.1. The van der Waals surface area contributed by atoms with Gasteiger partial charge in [-0.3, -0.25) is 4.79 Å². The Morgan fingerprint density at radius 2 is 1.74 bits per heavy atom. The van der Waals surface area contributed by atoms with Crippen molar-refractivity contribution in [2.75, 3.05) is 25.0 Å². The van der Waals surface area contributed by atoms with Crippen LogP contribution in [0, 0.1) is 17.2 Å². The van der Waals surface area contributed by atoms with Gasteiger partial charge in [0, 0.05) is 42.4 Å². The average Bonchev–Trinajstić information content (AvgIpc) is 3.34. The minimum atomic E-state index is -0.363. The number of aromatic nitrogens is 1. The van der Waals surface area contributed by atoms with Crippen LogP contribution in [0.15, 0.2) is 85.1 Å². The van der Waals surface area contributed by atoms with Gasteiger partial charge in [0.15, 0.2) is 0 Å². The van der Waals surface area contributed by atoms with Gasteiger partial charge in [-0.05, 0) is 47.7 Å². The zero-order valence-corrected chi connectivity index (χ0v) is 21.9. The fourth-order valence-corrected chi connectivity index (χ4v) is 4.48. The first-order chi connectivity index (χ1) is 18.4. The van der Waals surface area contributed by atoms with Crippen LogP contribution in [0.2, 0.25) is 0 Å². The van der Waals surface area contributed by atoms with Crippen molar-refractivity contribution >= 4 is 28.5 Å². The average molecular weight is 508 g/mol. The number of fused-ring (bicyclic) bond motifs is 1. The maximum atomic E-state index is 13.7. The molecule has 38 heavy (non-hydrogen) atoms. The number of hydrogen-bond donors (Lipinski definition) is 2. The summed E-state index contributed by atoms with van der Waals surface area (Å²) >= 11 is 0. The fourth-order valence-electron chi connectivity index (χ4n) is 4.48. The van der Waals surface area contributed by atoms with Gasteiger partial charge in [-0.2, -0.15) is 5.26 Å². The number of benzene rings is 3. The zero-order valence-electron chi connectivity index (χ0n) is 21.9. The summed E-state index contributed by atoms with van der Waals surface area (Å²) in [6.07, 6.45) is 2.70. The number of para-hydroxylation sites is 1. The first kappa shape index (κ1) is 26.5. The number of nitriles is 1. The van der Waals surface area contributed by atoms with E-state index in [1.807, 2.05) is 73.5 Å². The van der Waals surface area contributed by atoms with Crippen molar-refractivity contribution in [3.05, 3.63) is 102 Å². The van der Waals surface area contributed by atoms with Gasteiger partial charge in [0.1, 0.15) is 6.54 Å². The van der Waals surface area contributed by atoms with Crippen LogP contribution < -0.4 is 5.32 Å². The van der Waals surface area contributed by atoms with Gasteiger partial charge in [-0.25, -0.2) is 4.79 Å². The number of aromatic amines is 1. The highest BCUT2D eigenvalue weighted by Gasteiger charge is 2.23. The molecule has 0 unspecified atom stereocenters. The minimum Gasteiger partial charge on any atom is -0.361 e. The molecule has 0 spiro atoms. The highest BCUT2D eigenvalue weighted by molar-refractivity contribution is 5.92. The Morgan fingerprint density at radius 1 is 0.974 bits per heavy atom. The SMILES string of the molecule is CC(C)CN(CC(=O)N(CCc1c[nH]c2ccccc12)Cc1ccccc1)C(=O)Nc1cccc(C#N)c1. The topological polar surface area (TPSA) is 92.2 Å². The van der Waals surface area contributed by atoms with Crippen LogP contribution >= 0.6 is 0 Å². The summed E-state index contributed by atoms with van der Waals surface area (Å²) in [7, 11) is 0. The lowest BCUT2D eigenvalue weighted by molar-refractivity contribution is -0.132. The lowest BCUT2D eigenvalue weighted by Gasteiger charge is -2.29. The third-order valence-electron chi connectivity index (χ3n) is 6.34. The Bertz CT molecular complexity index is 1420. The van der Waals surface area contributed by atoms with E-state index in [0.29, 0.717) is 37.3 Å². The number of hydrogen-bond acceptors (Lipinski definition) is 3. The predicted molar refractivity (Wildman–Crippen MR) is 150 cm³/mol. The van der Waals surface area contributed by atoms with Crippen LogP contribution in [0.1, 0.15) is 30.5 Å². The van der Waals surface area contributed by atoms with Crippen LogP contribution in [-0.4, -0.2) is 46.4 Å². The molecule has 0 fully saturated rings. The second kappa shape index (κ2) is 12.6. The van der Waals surface area contributed by atoms with Crippen molar-refractivity contribution in [2.24, 2.45) is 5.92 Å². The smallest absolute Gasteiger partial charge is 0.322 e. The highest BCUT2D eigenvalue weighted by Crippen LogP contribution is 2.19. The number of nitrogens with zero attached hydrogens (tertiary/aromatic N) is 3. The van der Waals surface area contributed by atoms with Gasteiger partial charge >= 0.3 is 6.03 Å². The van der Waals surface area contributed by atoms with Gasteiger partial charge < -0.3 is 20.1 Å². The third kappa shape index (κ3) is 7.01. The van der Waals surface area contributed by atoms with Crippen LogP contribution in [0.3, 0.4) is 0 Å². The molecular formula is C31H33N5O2. The van der Waals surface area contributed by atoms with E-state index in [-0.39, 0.29) is 24.4 Å². The molecule has 1 aromatic heterocycles. The van der Waals surface area contributed by atoms with Crippen LogP contribution in [0.5, 0.6) is 0 Å². The van der Waals surface area contributed by atoms with E-state index in [9.17, 15) is 14.9 Å². The molecule has 0 atom stereocenters. The second-order valence-electron chi connectivity index (χ2n) is 9.81. The van der Waals surface area contributed by atoms with Crippen molar-refractivity contribution in [1.82, 2.24) is 14.8 Å². The third-order valence-corrected chi connectivity index (χ3v) is 6.34. The van der Waals surface area contributed by atoms with Crippen LogP contribution in [0.25, 0.3) is 10.9 Å². The van der Waals surface area contributed by atoms with Crippen molar-refractivity contribution in [3.63, 3.8) is 0 Å². The van der Waals surface area contributed by atoms with Crippen LogP contribution in [-0.2, 0) is 17.8 Å². The molecule has 2 N–H and O–H groups in total. The van der Waals surface area contributed by atoms with Crippen molar-refractivity contribution < 1.29 is 9.59 Å². The Balaban J connectivity index is 1.51. The number of H-pyrrole nitrogens is 1. The van der Waals surface area contributed by atoms with Crippen molar-refractivity contribution in [3.8, 4) is 6.07 Å². The molecule has 0 aliphatic heterocycles. The monoisotopic (exact) mass is 507 g/mol. The maximum Gasteiger partial charge on any atom is 0.322 e. The van der Waals surface area contributed by atoms with E-state index in [1.54, 1.807) is 29.2 Å². The molecule has 1 heterocycles. The van der Waals surface area contributed by atoms with Gasteiger partial charge in [0.2, 0.25) is 5.91 Å². The van der Waals surface area contributed by atoms with Gasteiger partial charge in [0.25, 0.3) is 0 Å². The first-order valence-corrected chi connectivity index (χ1v) is 12.9. The normalized spacial score (nSPS) is 10.8.